The number of aliphatic hydroxyl groups is 1. The number of nitrogens with one attached hydrogen (secondary N) is 1. The van der Waals surface area contributed by atoms with E-state index in [1.807, 2.05) is 48.5 Å². The van der Waals surface area contributed by atoms with Crippen LogP contribution in [0.15, 0.2) is 54.6 Å². The number of ether oxygens (including phenoxy) is 1. The third kappa shape index (κ3) is 5.58. The van der Waals surface area contributed by atoms with Crippen LogP contribution >= 0.6 is 0 Å². The fourth-order valence-electron chi connectivity index (χ4n) is 3.14. The second-order valence-corrected chi connectivity index (χ2v) is 6.69. The van der Waals surface area contributed by atoms with Crippen molar-refractivity contribution in [1.29, 1.82) is 0 Å². The lowest BCUT2D eigenvalue weighted by Crippen LogP contribution is -2.35. The normalized spacial score (nSPS) is 15.6. The van der Waals surface area contributed by atoms with Gasteiger partial charge in [0, 0.05) is 26.2 Å². The van der Waals surface area contributed by atoms with Crippen LogP contribution in [0.2, 0.25) is 0 Å². The Morgan fingerprint density at radius 3 is 2.42 bits per heavy atom. The molecule has 0 atom stereocenters. The van der Waals surface area contributed by atoms with Gasteiger partial charge < -0.3 is 15.2 Å². The van der Waals surface area contributed by atoms with Gasteiger partial charge in [-0.3, -0.25) is 4.90 Å². The standard InChI is InChI=1S/C21H26N2O3/c24-20-10-12-23(13-11-20)15-19-9-5-4-8-18(19)14-22-21(25)26-16-17-6-2-1-3-7-17/h1-9,20,24H,10-16H2,(H,22,25). The monoisotopic (exact) mass is 354 g/mol. The topological polar surface area (TPSA) is 61.8 Å². The first-order valence-corrected chi connectivity index (χ1v) is 9.12. The molecule has 2 N–H and O–H groups in total. The lowest BCUT2D eigenvalue weighted by atomic mass is 10.0. The molecule has 1 amide bonds. The molecule has 0 radical (unpaired) electrons. The first-order chi connectivity index (χ1) is 12.7. The summed E-state index contributed by atoms with van der Waals surface area (Å²) in [6.07, 6.45) is 1.07. The number of rotatable bonds is 6. The SMILES string of the molecule is O=C(NCc1ccccc1CN1CCC(O)CC1)OCc1ccccc1. The second kappa shape index (κ2) is 9.36. The highest BCUT2D eigenvalue weighted by Gasteiger charge is 2.17. The smallest absolute Gasteiger partial charge is 0.407 e. The van der Waals surface area contributed by atoms with Crippen molar-refractivity contribution in [1.82, 2.24) is 10.2 Å². The highest BCUT2D eigenvalue weighted by molar-refractivity contribution is 5.67. The number of likely N-dealkylation sites (tertiary alicyclic amines) is 1. The Hall–Kier alpha value is -2.37. The minimum atomic E-state index is -0.412. The van der Waals surface area contributed by atoms with E-state index in [9.17, 15) is 9.90 Å². The van der Waals surface area contributed by atoms with Gasteiger partial charge in [0.1, 0.15) is 6.61 Å². The zero-order valence-electron chi connectivity index (χ0n) is 14.9. The minimum absolute atomic E-state index is 0.164. The van der Waals surface area contributed by atoms with Gasteiger partial charge in [-0.25, -0.2) is 4.79 Å². The van der Waals surface area contributed by atoms with E-state index in [1.54, 1.807) is 0 Å². The molecular formula is C21H26N2O3. The quantitative estimate of drug-likeness (QED) is 0.837. The van der Waals surface area contributed by atoms with Gasteiger partial charge in [0.2, 0.25) is 0 Å². The van der Waals surface area contributed by atoms with Crippen molar-refractivity contribution >= 4 is 6.09 Å². The molecule has 0 bridgehead atoms. The third-order valence-corrected chi connectivity index (χ3v) is 4.71. The van der Waals surface area contributed by atoms with Crippen molar-refractivity contribution in [3.8, 4) is 0 Å². The molecule has 2 aromatic rings. The van der Waals surface area contributed by atoms with E-state index < -0.39 is 6.09 Å². The predicted molar refractivity (Wildman–Crippen MR) is 100 cm³/mol. The highest BCUT2D eigenvalue weighted by atomic mass is 16.5. The summed E-state index contributed by atoms with van der Waals surface area (Å²) in [7, 11) is 0. The van der Waals surface area contributed by atoms with Gasteiger partial charge in [-0.15, -0.1) is 0 Å². The predicted octanol–water partition coefficient (Wildman–Crippen LogP) is 3.07. The van der Waals surface area contributed by atoms with E-state index in [0.29, 0.717) is 6.54 Å². The van der Waals surface area contributed by atoms with Gasteiger partial charge in [-0.1, -0.05) is 54.6 Å². The summed E-state index contributed by atoms with van der Waals surface area (Å²) in [5.41, 5.74) is 3.26. The molecule has 1 aliphatic heterocycles. The zero-order chi connectivity index (χ0) is 18.2. The van der Waals surface area contributed by atoms with Gasteiger partial charge in [-0.05, 0) is 29.5 Å². The van der Waals surface area contributed by atoms with Crippen molar-refractivity contribution in [2.24, 2.45) is 0 Å². The zero-order valence-corrected chi connectivity index (χ0v) is 14.9. The number of alkyl carbamates (subject to hydrolysis) is 1. The molecule has 1 saturated heterocycles. The summed E-state index contributed by atoms with van der Waals surface area (Å²) in [5.74, 6) is 0. The molecule has 1 heterocycles. The number of hydrogen-bond donors (Lipinski definition) is 2. The van der Waals surface area contributed by atoms with Crippen molar-refractivity contribution in [2.75, 3.05) is 13.1 Å². The summed E-state index contributed by atoms with van der Waals surface area (Å²) in [6, 6.07) is 17.8. The van der Waals surface area contributed by atoms with Gasteiger partial charge in [0.05, 0.1) is 6.10 Å². The van der Waals surface area contributed by atoms with Crippen molar-refractivity contribution < 1.29 is 14.6 Å². The Kier molecular flexibility index (Phi) is 6.63. The maximum atomic E-state index is 12.0. The molecule has 5 nitrogen and oxygen atoms in total. The summed E-state index contributed by atoms with van der Waals surface area (Å²) in [5, 5.41) is 12.5. The van der Waals surface area contributed by atoms with E-state index in [2.05, 4.69) is 16.3 Å². The van der Waals surface area contributed by atoms with Crippen LogP contribution in [0.5, 0.6) is 0 Å². The number of hydrogen-bond acceptors (Lipinski definition) is 4. The molecule has 0 spiro atoms. The van der Waals surface area contributed by atoms with Crippen LogP contribution in [0.1, 0.15) is 29.5 Å². The van der Waals surface area contributed by atoms with Crippen LogP contribution in [0.3, 0.4) is 0 Å². The average molecular weight is 354 g/mol. The Morgan fingerprint density at radius 1 is 1.04 bits per heavy atom. The van der Waals surface area contributed by atoms with Crippen LogP contribution < -0.4 is 5.32 Å². The Labute approximate surface area is 154 Å². The number of carbonyl (C=O) groups excluding carboxylic acids is 1. The molecule has 0 unspecified atom stereocenters. The number of amides is 1. The summed E-state index contributed by atoms with van der Waals surface area (Å²) >= 11 is 0. The summed E-state index contributed by atoms with van der Waals surface area (Å²) in [6.45, 7) is 3.36. The first kappa shape index (κ1) is 18.4. The Bertz CT molecular complexity index is 697. The molecule has 5 heteroatoms. The van der Waals surface area contributed by atoms with Crippen molar-refractivity contribution in [3.05, 3.63) is 71.3 Å². The molecule has 1 aliphatic rings. The number of piperidine rings is 1. The van der Waals surface area contributed by atoms with Crippen LogP contribution in [0.25, 0.3) is 0 Å². The van der Waals surface area contributed by atoms with Crippen molar-refractivity contribution in [2.45, 2.75) is 38.6 Å². The maximum absolute atomic E-state index is 12.0. The van der Waals surface area contributed by atoms with Crippen LogP contribution in [-0.4, -0.2) is 35.3 Å². The Morgan fingerprint density at radius 2 is 1.69 bits per heavy atom. The average Bonchev–Trinajstić information content (AvgIpc) is 2.68. The lowest BCUT2D eigenvalue weighted by Gasteiger charge is -2.30. The molecule has 0 aromatic heterocycles. The molecule has 0 aliphatic carbocycles. The fraction of sp³-hybridized carbons (Fsp3) is 0.381. The first-order valence-electron chi connectivity index (χ1n) is 9.12. The molecule has 26 heavy (non-hydrogen) atoms. The van der Waals surface area contributed by atoms with Crippen LogP contribution in [0, 0.1) is 0 Å². The van der Waals surface area contributed by atoms with Gasteiger partial charge in [0.25, 0.3) is 0 Å². The van der Waals surface area contributed by atoms with Gasteiger partial charge in [0.15, 0.2) is 0 Å². The lowest BCUT2D eigenvalue weighted by molar-refractivity contribution is 0.0791. The molecular weight excluding hydrogens is 328 g/mol. The largest absolute Gasteiger partial charge is 0.445 e. The van der Waals surface area contributed by atoms with Gasteiger partial charge in [-0.2, -0.15) is 0 Å². The van der Waals surface area contributed by atoms with Crippen molar-refractivity contribution in [3.63, 3.8) is 0 Å². The maximum Gasteiger partial charge on any atom is 0.407 e. The third-order valence-electron chi connectivity index (χ3n) is 4.71. The van der Waals surface area contributed by atoms with Crippen LogP contribution in [-0.2, 0) is 24.4 Å². The van der Waals surface area contributed by atoms with E-state index in [0.717, 1.165) is 43.6 Å². The molecule has 2 aromatic carbocycles. The molecule has 138 valence electrons. The molecule has 1 fully saturated rings. The van der Waals surface area contributed by atoms with E-state index in [4.69, 9.17) is 4.74 Å². The highest BCUT2D eigenvalue weighted by Crippen LogP contribution is 2.16. The minimum Gasteiger partial charge on any atom is -0.445 e. The van der Waals surface area contributed by atoms with E-state index in [1.165, 1.54) is 5.56 Å². The number of benzene rings is 2. The number of carbonyl (C=O) groups is 1. The van der Waals surface area contributed by atoms with Gasteiger partial charge >= 0.3 is 6.09 Å². The Balaban J connectivity index is 1.49. The van der Waals surface area contributed by atoms with E-state index in [-0.39, 0.29) is 12.7 Å². The number of aliphatic hydroxyl groups excluding tert-OH is 1. The molecule has 3 rings (SSSR count). The van der Waals surface area contributed by atoms with E-state index >= 15 is 0 Å². The van der Waals surface area contributed by atoms with Crippen LogP contribution in [0.4, 0.5) is 4.79 Å². The summed E-state index contributed by atoms with van der Waals surface area (Å²) < 4.78 is 5.26. The number of nitrogens with zero attached hydrogens (tertiary/aromatic N) is 1. The fourth-order valence-corrected chi connectivity index (χ4v) is 3.14. The second-order valence-electron chi connectivity index (χ2n) is 6.69. The summed E-state index contributed by atoms with van der Waals surface area (Å²) in [4.78, 5) is 14.3. The molecule has 0 saturated carbocycles.